The van der Waals surface area contributed by atoms with E-state index in [0.717, 1.165) is 38.5 Å². The quantitative estimate of drug-likeness (QED) is 0.533. The number of hydrogen-bond acceptors (Lipinski definition) is 3. The SMILES string of the molecule is CCCCCCOS(=O)(O)(O)OCCCCCC. The van der Waals surface area contributed by atoms with Crippen LogP contribution < -0.4 is 0 Å². The Hall–Kier alpha value is -0.0100. The van der Waals surface area contributed by atoms with Gasteiger partial charge in [0, 0.05) is 0 Å². The molecule has 0 aromatic rings. The van der Waals surface area contributed by atoms with Crippen LogP contribution in [0.25, 0.3) is 0 Å². The lowest BCUT2D eigenvalue weighted by Crippen LogP contribution is -2.37. The van der Waals surface area contributed by atoms with Crippen LogP contribution in [0.2, 0.25) is 0 Å². The molecule has 0 unspecified atom stereocenters. The largest absolute Gasteiger partial charge is 0.307 e. The van der Waals surface area contributed by atoms with E-state index in [0.29, 0.717) is 12.8 Å². The van der Waals surface area contributed by atoms with Gasteiger partial charge in [-0.15, -0.1) is 0 Å². The first-order valence-electron chi connectivity index (χ1n) is 6.86. The maximum atomic E-state index is 11.5. The first-order chi connectivity index (χ1) is 8.39. The molecule has 0 spiro atoms. The maximum Gasteiger partial charge on any atom is 0.307 e. The predicted octanol–water partition coefficient (Wildman–Crippen LogP) is 3.78. The van der Waals surface area contributed by atoms with Crippen molar-refractivity contribution in [3.63, 3.8) is 0 Å². The van der Waals surface area contributed by atoms with Gasteiger partial charge in [-0.05, 0) is 12.8 Å². The Morgan fingerprint density at radius 3 is 1.50 bits per heavy atom. The maximum absolute atomic E-state index is 11.5. The molecule has 5 nitrogen and oxygen atoms in total. The first kappa shape index (κ1) is 18.0. The van der Waals surface area contributed by atoms with E-state index in [2.05, 4.69) is 22.2 Å². The third kappa shape index (κ3) is 11.1. The zero-order chi connectivity index (χ0) is 13.9. The second-order valence-electron chi connectivity index (χ2n) is 4.50. The second-order valence-corrected chi connectivity index (χ2v) is 6.44. The van der Waals surface area contributed by atoms with Crippen molar-refractivity contribution in [2.24, 2.45) is 0 Å². The Morgan fingerprint density at radius 2 is 1.17 bits per heavy atom. The summed E-state index contributed by atoms with van der Waals surface area (Å²) in [7, 11) is -5.29. The van der Waals surface area contributed by atoms with Crippen LogP contribution in [0.1, 0.15) is 65.2 Å². The fourth-order valence-corrected chi connectivity index (χ4v) is 2.37. The Morgan fingerprint density at radius 1 is 0.778 bits per heavy atom. The molecule has 0 aliphatic heterocycles. The molecule has 0 amide bonds. The molecule has 18 heavy (non-hydrogen) atoms. The van der Waals surface area contributed by atoms with Gasteiger partial charge in [0.1, 0.15) is 0 Å². The first-order valence-corrected chi connectivity index (χ1v) is 8.59. The minimum Gasteiger partial charge on any atom is -0.267 e. The highest BCUT2D eigenvalue weighted by atomic mass is 32.3. The van der Waals surface area contributed by atoms with E-state index in [1.54, 1.807) is 0 Å². The minimum absolute atomic E-state index is 0.0350. The average molecular weight is 284 g/mol. The Labute approximate surface area is 111 Å². The molecule has 2 N–H and O–H groups in total. The molecule has 0 saturated carbocycles. The van der Waals surface area contributed by atoms with Crippen LogP contribution in [0.3, 0.4) is 0 Å². The van der Waals surface area contributed by atoms with Crippen LogP contribution in [0.15, 0.2) is 0 Å². The summed E-state index contributed by atoms with van der Waals surface area (Å²) in [6.45, 7) is 4.22. The number of rotatable bonds is 12. The summed E-state index contributed by atoms with van der Waals surface area (Å²) in [6.07, 6.45) is 7.35. The Kier molecular flexibility index (Phi) is 8.98. The second kappa shape index (κ2) is 8.98. The van der Waals surface area contributed by atoms with Crippen molar-refractivity contribution < 1.29 is 21.7 Å². The summed E-state index contributed by atoms with van der Waals surface area (Å²) in [5.74, 6) is 0. The van der Waals surface area contributed by atoms with Crippen LogP contribution >= 0.6 is 0 Å². The van der Waals surface area contributed by atoms with Crippen molar-refractivity contribution in [2.45, 2.75) is 65.2 Å². The van der Waals surface area contributed by atoms with Gasteiger partial charge in [-0.3, -0.25) is 17.5 Å². The summed E-state index contributed by atoms with van der Waals surface area (Å²) in [4.78, 5) is 0. The molecule has 6 heteroatoms. The molecule has 0 atom stereocenters. The number of unbranched alkanes of at least 4 members (excludes halogenated alkanes) is 6. The van der Waals surface area contributed by atoms with Gasteiger partial charge in [0.25, 0.3) is 0 Å². The van der Waals surface area contributed by atoms with Crippen LogP contribution in [0.4, 0.5) is 0 Å². The summed E-state index contributed by atoms with van der Waals surface area (Å²) < 4.78 is 39.5. The van der Waals surface area contributed by atoms with Gasteiger partial charge in [-0.25, -0.2) is 0 Å². The van der Waals surface area contributed by atoms with Gasteiger partial charge in [0.15, 0.2) is 0 Å². The molecule has 0 bridgehead atoms. The molecular weight excluding hydrogens is 256 g/mol. The van der Waals surface area contributed by atoms with E-state index in [1.165, 1.54) is 0 Å². The highest BCUT2D eigenvalue weighted by molar-refractivity contribution is 8.01. The van der Waals surface area contributed by atoms with Crippen molar-refractivity contribution in [3.8, 4) is 0 Å². The third-order valence-electron chi connectivity index (χ3n) is 2.57. The molecule has 112 valence electrons. The molecule has 0 aliphatic carbocycles. The number of hydrogen-bond donors (Lipinski definition) is 2. The molecule has 0 saturated heterocycles. The van der Waals surface area contributed by atoms with E-state index in [4.69, 9.17) is 0 Å². The minimum atomic E-state index is -5.29. The zero-order valence-corrected chi connectivity index (χ0v) is 12.4. The van der Waals surface area contributed by atoms with Crippen molar-refractivity contribution in [2.75, 3.05) is 13.2 Å². The topological polar surface area (TPSA) is 76.0 Å². The lowest BCUT2D eigenvalue weighted by Gasteiger charge is -2.29. The Bertz CT molecular complexity index is 241. The van der Waals surface area contributed by atoms with Crippen molar-refractivity contribution in [1.29, 1.82) is 0 Å². The summed E-state index contributed by atoms with van der Waals surface area (Å²) in [6, 6.07) is 0. The molecule has 0 fully saturated rings. The Balaban J connectivity index is 3.73. The molecule has 0 aromatic carbocycles. The average Bonchev–Trinajstić information content (AvgIpc) is 2.28. The smallest absolute Gasteiger partial charge is 0.267 e. The van der Waals surface area contributed by atoms with Gasteiger partial charge in [0.05, 0.1) is 13.2 Å². The van der Waals surface area contributed by atoms with Crippen LogP contribution in [0, 0.1) is 0 Å². The lowest BCUT2D eigenvalue weighted by molar-refractivity contribution is 0.0938. The molecule has 0 heterocycles. The normalized spacial score (nSPS) is 14.3. The zero-order valence-electron chi connectivity index (χ0n) is 11.6. The fourth-order valence-electron chi connectivity index (χ4n) is 1.49. The van der Waals surface area contributed by atoms with Crippen LogP contribution in [0.5, 0.6) is 0 Å². The van der Waals surface area contributed by atoms with E-state index in [-0.39, 0.29) is 13.2 Å². The monoisotopic (exact) mass is 284 g/mol. The van der Waals surface area contributed by atoms with E-state index in [1.807, 2.05) is 0 Å². The van der Waals surface area contributed by atoms with Gasteiger partial charge >= 0.3 is 10.2 Å². The standard InChI is InChI=1S/C12H28O5S/c1-3-5-7-9-11-16-18(13,14,15)17-12-10-8-6-4-2/h3-12H2,1-2H3,(H2,13,14,15). The lowest BCUT2D eigenvalue weighted by atomic mass is 10.2. The molecular formula is C12H28O5S. The van der Waals surface area contributed by atoms with Crippen LogP contribution in [-0.2, 0) is 18.6 Å². The third-order valence-corrected chi connectivity index (χ3v) is 3.71. The van der Waals surface area contributed by atoms with E-state index in [9.17, 15) is 13.3 Å². The summed E-state index contributed by atoms with van der Waals surface area (Å²) in [5.41, 5.74) is 0. The highest BCUT2D eigenvalue weighted by Crippen LogP contribution is 2.21. The van der Waals surface area contributed by atoms with Gasteiger partial charge < -0.3 is 0 Å². The van der Waals surface area contributed by atoms with Crippen molar-refractivity contribution >= 4 is 10.2 Å². The van der Waals surface area contributed by atoms with Crippen molar-refractivity contribution in [3.05, 3.63) is 0 Å². The highest BCUT2D eigenvalue weighted by Gasteiger charge is 2.31. The van der Waals surface area contributed by atoms with Crippen molar-refractivity contribution in [1.82, 2.24) is 0 Å². The van der Waals surface area contributed by atoms with E-state index >= 15 is 0 Å². The fraction of sp³-hybridized carbons (Fsp3) is 1.00. The predicted molar refractivity (Wildman–Crippen MR) is 73.6 cm³/mol. The van der Waals surface area contributed by atoms with Crippen LogP contribution in [-0.4, -0.2) is 26.5 Å². The molecule has 0 radical (unpaired) electrons. The van der Waals surface area contributed by atoms with Gasteiger partial charge in [-0.2, -0.15) is 4.21 Å². The summed E-state index contributed by atoms with van der Waals surface area (Å²) in [5, 5.41) is 0. The summed E-state index contributed by atoms with van der Waals surface area (Å²) >= 11 is 0. The van der Waals surface area contributed by atoms with Gasteiger partial charge in [-0.1, -0.05) is 52.4 Å². The van der Waals surface area contributed by atoms with Gasteiger partial charge in [0.2, 0.25) is 0 Å². The molecule has 0 rings (SSSR count). The molecule has 0 aromatic heterocycles. The molecule has 0 aliphatic rings. The van der Waals surface area contributed by atoms with E-state index < -0.39 is 10.2 Å².